The van der Waals surface area contributed by atoms with E-state index in [4.69, 9.17) is 0 Å². The number of halogens is 2. The summed E-state index contributed by atoms with van der Waals surface area (Å²) in [4.78, 5) is 6.97. The summed E-state index contributed by atoms with van der Waals surface area (Å²) >= 11 is 6.93. The van der Waals surface area contributed by atoms with E-state index in [1.54, 1.807) is 0 Å². The molecule has 2 rings (SSSR count). The Hall–Kier alpha value is -0.130. The van der Waals surface area contributed by atoms with Crippen LogP contribution in [0.4, 0.5) is 5.82 Å². The molecule has 1 atom stereocenters. The summed E-state index contributed by atoms with van der Waals surface area (Å²) in [5, 5.41) is 3.39. The second-order valence-electron chi connectivity index (χ2n) is 5.15. The summed E-state index contributed by atoms with van der Waals surface area (Å²) in [5.41, 5.74) is 0. The molecule has 106 valence electrons. The van der Waals surface area contributed by atoms with Gasteiger partial charge in [-0.25, -0.2) is 4.98 Å². The topological polar surface area (TPSA) is 28.2 Å². The summed E-state index contributed by atoms with van der Waals surface area (Å²) in [6.45, 7) is 5.76. The molecule has 1 aromatic rings. The van der Waals surface area contributed by atoms with Gasteiger partial charge in [0.25, 0.3) is 0 Å². The lowest BCUT2D eigenvalue weighted by molar-refractivity contribution is 0.160. The van der Waals surface area contributed by atoms with Crippen molar-refractivity contribution in [2.75, 3.05) is 25.0 Å². The van der Waals surface area contributed by atoms with Gasteiger partial charge in [-0.1, -0.05) is 6.42 Å². The first-order valence-electron chi connectivity index (χ1n) is 6.96. The van der Waals surface area contributed by atoms with Crippen LogP contribution in [0.3, 0.4) is 0 Å². The molecule has 0 radical (unpaired) electrons. The van der Waals surface area contributed by atoms with Crippen LogP contribution in [0.15, 0.2) is 21.2 Å². The highest BCUT2D eigenvalue weighted by Gasteiger charge is 2.17. The predicted molar refractivity (Wildman–Crippen MR) is 87.6 cm³/mol. The van der Waals surface area contributed by atoms with Crippen molar-refractivity contribution < 1.29 is 0 Å². The van der Waals surface area contributed by atoms with Crippen molar-refractivity contribution in [1.29, 1.82) is 0 Å². The number of anilines is 1. The van der Waals surface area contributed by atoms with Gasteiger partial charge >= 0.3 is 0 Å². The molecule has 19 heavy (non-hydrogen) atoms. The molecule has 1 unspecified atom stereocenters. The number of piperidine rings is 1. The predicted octanol–water partition coefficient (Wildman–Crippen LogP) is 4.28. The molecule has 1 aromatic heterocycles. The number of aromatic nitrogens is 1. The number of rotatable bonds is 5. The van der Waals surface area contributed by atoms with Gasteiger partial charge in [0.1, 0.15) is 5.82 Å². The Morgan fingerprint density at radius 3 is 3.00 bits per heavy atom. The summed E-state index contributed by atoms with van der Waals surface area (Å²) < 4.78 is 2.00. The second-order valence-corrected chi connectivity index (χ2v) is 6.92. The molecule has 0 aromatic carbocycles. The van der Waals surface area contributed by atoms with E-state index >= 15 is 0 Å². The molecular weight excluding hydrogens is 370 g/mol. The average molecular weight is 391 g/mol. The number of hydrogen-bond acceptors (Lipinski definition) is 3. The summed E-state index contributed by atoms with van der Waals surface area (Å²) in [7, 11) is 0. The van der Waals surface area contributed by atoms with E-state index in [-0.39, 0.29) is 0 Å². The Balaban J connectivity index is 1.71. The molecule has 1 N–H and O–H groups in total. The van der Waals surface area contributed by atoms with Crippen LogP contribution in [0.25, 0.3) is 0 Å². The Kier molecular flexibility index (Phi) is 6.10. The van der Waals surface area contributed by atoms with Gasteiger partial charge in [-0.3, -0.25) is 0 Å². The molecule has 0 bridgehead atoms. The number of hydrogen-bond donors (Lipinski definition) is 1. The van der Waals surface area contributed by atoms with Gasteiger partial charge in [-0.15, -0.1) is 0 Å². The zero-order valence-electron chi connectivity index (χ0n) is 11.3. The molecular formula is C14H21Br2N3. The van der Waals surface area contributed by atoms with E-state index in [0.29, 0.717) is 0 Å². The zero-order valence-corrected chi connectivity index (χ0v) is 14.5. The third-order valence-electron chi connectivity index (χ3n) is 3.66. The maximum atomic E-state index is 4.36. The van der Waals surface area contributed by atoms with Crippen LogP contribution >= 0.6 is 31.9 Å². The quantitative estimate of drug-likeness (QED) is 0.760. The second kappa shape index (κ2) is 7.60. The molecule has 1 aliphatic rings. The van der Waals surface area contributed by atoms with Crippen molar-refractivity contribution in [3.05, 3.63) is 21.2 Å². The van der Waals surface area contributed by atoms with E-state index in [1.807, 2.05) is 12.3 Å². The number of nitrogens with zero attached hydrogens (tertiary/aromatic N) is 2. The molecule has 0 aliphatic carbocycles. The number of likely N-dealkylation sites (tertiary alicyclic amines) is 1. The standard InChI is InChI=1S/C14H21Br2N3/c1-11-5-2-3-7-19(11)8-4-6-17-14-13(16)9-12(15)10-18-14/h9-11H,2-8H2,1H3,(H,17,18). The minimum absolute atomic E-state index is 0.756. The van der Waals surface area contributed by atoms with Crippen LogP contribution in [0.1, 0.15) is 32.6 Å². The van der Waals surface area contributed by atoms with Gasteiger partial charge in [-0.05, 0) is 70.7 Å². The molecule has 0 saturated carbocycles. The maximum Gasteiger partial charge on any atom is 0.140 e. The van der Waals surface area contributed by atoms with Crippen molar-refractivity contribution in [3.8, 4) is 0 Å². The van der Waals surface area contributed by atoms with Gasteiger partial charge < -0.3 is 10.2 Å². The van der Waals surface area contributed by atoms with Crippen LogP contribution in [-0.4, -0.2) is 35.6 Å². The highest BCUT2D eigenvalue weighted by atomic mass is 79.9. The Bertz CT molecular complexity index is 412. The van der Waals surface area contributed by atoms with Crippen LogP contribution in [-0.2, 0) is 0 Å². The first kappa shape index (κ1) is 15.3. The maximum absolute atomic E-state index is 4.36. The molecule has 1 aliphatic heterocycles. The average Bonchev–Trinajstić information content (AvgIpc) is 2.38. The minimum Gasteiger partial charge on any atom is -0.369 e. The molecule has 5 heteroatoms. The van der Waals surface area contributed by atoms with E-state index in [9.17, 15) is 0 Å². The first-order chi connectivity index (χ1) is 9.16. The fourth-order valence-corrected chi connectivity index (χ4v) is 3.65. The number of nitrogens with one attached hydrogen (secondary N) is 1. The normalized spacial score (nSPS) is 20.5. The van der Waals surface area contributed by atoms with Gasteiger partial charge in [-0.2, -0.15) is 0 Å². The molecule has 2 heterocycles. The van der Waals surface area contributed by atoms with E-state index in [2.05, 4.69) is 54.0 Å². The largest absolute Gasteiger partial charge is 0.369 e. The van der Waals surface area contributed by atoms with Crippen molar-refractivity contribution in [1.82, 2.24) is 9.88 Å². The van der Waals surface area contributed by atoms with Crippen LogP contribution in [0.5, 0.6) is 0 Å². The highest BCUT2D eigenvalue weighted by molar-refractivity contribution is 9.11. The van der Waals surface area contributed by atoms with E-state index < -0.39 is 0 Å². The highest BCUT2D eigenvalue weighted by Crippen LogP contribution is 2.23. The third-order valence-corrected chi connectivity index (χ3v) is 4.70. The van der Waals surface area contributed by atoms with Crippen LogP contribution < -0.4 is 5.32 Å². The fraction of sp³-hybridized carbons (Fsp3) is 0.643. The van der Waals surface area contributed by atoms with E-state index in [1.165, 1.54) is 32.4 Å². The molecule has 0 amide bonds. The van der Waals surface area contributed by atoms with Gasteiger partial charge in [0, 0.05) is 29.8 Å². The number of pyridine rings is 1. The minimum atomic E-state index is 0.756. The van der Waals surface area contributed by atoms with Gasteiger partial charge in [0.2, 0.25) is 0 Å². The van der Waals surface area contributed by atoms with Crippen molar-refractivity contribution in [2.24, 2.45) is 0 Å². The third kappa shape index (κ3) is 4.72. The smallest absolute Gasteiger partial charge is 0.140 e. The summed E-state index contributed by atoms with van der Waals surface area (Å²) in [5.74, 6) is 0.926. The zero-order chi connectivity index (χ0) is 13.7. The SMILES string of the molecule is CC1CCCCN1CCCNc1ncc(Br)cc1Br. The molecule has 0 spiro atoms. The van der Waals surface area contributed by atoms with Crippen LogP contribution in [0, 0.1) is 0 Å². The summed E-state index contributed by atoms with van der Waals surface area (Å²) in [6, 6.07) is 2.77. The monoisotopic (exact) mass is 389 g/mol. The lowest BCUT2D eigenvalue weighted by atomic mass is 10.0. The first-order valence-corrected chi connectivity index (χ1v) is 8.54. The van der Waals surface area contributed by atoms with Crippen molar-refractivity contribution in [3.63, 3.8) is 0 Å². The van der Waals surface area contributed by atoms with Gasteiger partial charge in [0.15, 0.2) is 0 Å². The Morgan fingerprint density at radius 2 is 2.26 bits per heavy atom. The van der Waals surface area contributed by atoms with Crippen molar-refractivity contribution >= 4 is 37.7 Å². The molecule has 1 fully saturated rings. The lowest BCUT2D eigenvalue weighted by Gasteiger charge is -2.33. The Labute approximate surface area is 132 Å². The Morgan fingerprint density at radius 1 is 1.42 bits per heavy atom. The fourth-order valence-electron chi connectivity index (χ4n) is 2.52. The van der Waals surface area contributed by atoms with Crippen molar-refractivity contribution in [2.45, 2.75) is 38.6 Å². The van der Waals surface area contributed by atoms with Gasteiger partial charge in [0.05, 0.1) is 4.47 Å². The lowest BCUT2D eigenvalue weighted by Crippen LogP contribution is -2.38. The molecule has 3 nitrogen and oxygen atoms in total. The molecule has 1 saturated heterocycles. The van der Waals surface area contributed by atoms with Crippen LogP contribution in [0.2, 0.25) is 0 Å². The van der Waals surface area contributed by atoms with E-state index in [0.717, 1.165) is 33.8 Å². The summed E-state index contributed by atoms with van der Waals surface area (Å²) in [6.07, 6.45) is 7.09.